The molecule has 0 saturated carbocycles. The van der Waals surface area contributed by atoms with E-state index in [2.05, 4.69) is 4.74 Å². The van der Waals surface area contributed by atoms with E-state index in [9.17, 15) is 35.5 Å². The molecular weight excluding hydrogens is 253 g/mol. The van der Waals surface area contributed by atoms with Crippen molar-refractivity contribution in [2.24, 2.45) is 0 Å². The average Bonchev–Trinajstić information content (AvgIpc) is 2.00. The van der Waals surface area contributed by atoms with Crippen molar-refractivity contribution in [1.29, 1.82) is 0 Å². The van der Waals surface area contributed by atoms with Gasteiger partial charge in [0.05, 0.1) is 0 Å². The Hall–Kier alpha value is -1.32. The third-order valence-electron chi connectivity index (χ3n) is 1.22. The second kappa shape index (κ2) is 3.92. The quantitative estimate of drug-likeness (QED) is 0.785. The smallest absolute Gasteiger partial charge is 0.460 e. The number of hydrogen-bond acceptors (Lipinski definition) is 2. The van der Waals surface area contributed by atoms with Crippen LogP contribution in [0.5, 0.6) is 0 Å². The Morgan fingerprint density at radius 3 is 1.69 bits per heavy atom. The number of ether oxygens (including phenoxy) is 1. The van der Waals surface area contributed by atoms with Gasteiger partial charge in [-0.15, -0.1) is 0 Å². The first-order valence-corrected chi connectivity index (χ1v) is 3.26. The average molecular weight is 256 g/mol. The van der Waals surface area contributed by atoms with Gasteiger partial charge in [0.25, 0.3) is 0 Å². The van der Waals surface area contributed by atoms with E-state index in [0.29, 0.717) is 0 Å². The van der Waals surface area contributed by atoms with E-state index >= 15 is 0 Å². The molecule has 1 atom stereocenters. The summed E-state index contributed by atoms with van der Waals surface area (Å²) in [5.74, 6) is -11.9. The number of carboxylic acids is 1. The van der Waals surface area contributed by atoms with Crippen LogP contribution in [0.25, 0.3) is 0 Å². The molecule has 0 saturated heterocycles. The zero-order valence-corrected chi connectivity index (χ0v) is 7.12. The number of aliphatic carboxylic acids is 1. The number of alkyl halides is 6. The fraction of sp³-hybridized carbons (Fsp3) is 0.500. The van der Waals surface area contributed by atoms with Crippen molar-refractivity contribution in [3.05, 3.63) is 12.4 Å². The van der Waals surface area contributed by atoms with Gasteiger partial charge in [-0.25, -0.2) is 9.18 Å². The molecule has 3 nitrogen and oxygen atoms in total. The van der Waals surface area contributed by atoms with Crippen molar-refractivity contribution in [3.63, 3.8) is 0 Å². The van der Waals surface area contributed by atoms with Gasteiger partial charge in [-0.2, -0.15) is 26.3 Å². The highest BCUT2D eigenvalue weighted by atomic mass is 19.4. The third-order valence-corrected chi connectivity index (χ3v) is 1.22. The molecule has 0 heterocycles. The molecular formula is C6H3F7O3. The van der Waals surface area contributed by atoms with E-state index in [1.807, 2.05) is 6.58 Å². The van der Waals surface area contributed by atoms with Gasteiger partial charge < -0.3 is 5.11 Å². The summed E-state index contributed by atoms with van der Waals surface area (Å²) >= 11 is 0. The summed E-state index contributed by atoms with van der Waals surface area (Å²) < 4.78 is 86.6. The van der Waals surface area contributed by atoms with Crippen LogP contribution in [-0.2, 0) is 9.53 Å². The molecule has 0 bridgehead atoms. The third kappa shape index (κ3) is 2.62. The van der Waals surface area contributed by atoms with Crippen molar-refractivity contribution in [2.45, 2.75) is 18.1 Å². The summed E-state index contributed by atoms with van der Waals surface area (Å²) in [5, 5.41) is 7.81. The molecule has 0 aliphatic rings. The predicted molar refractivity (Wildman–Crippen MR) is 33.8 cm³/mol. The van der Waals surface area contributed by atoms with Gasteiger partial charge in [0, 0.05) is 0 Å². The van der Waals surface area contributed by atoms with Gasteiger partial charge in [-0.3, -0.25) is 4.74 Å². The van der Waals surface area contributed by atoms with Crippen LogP contribution in [-0.4, -0.2) is 29.2 Å². The van der Waals surface area contributed by atoms with E-state index in [1.54, 1.807) is 0 Å². The zero-order valence-electron chi connectivity index (χ0n) is 7.12. The Balaban J connectivity index is 5.29. The Labute approximate surface area is 83.1 Å². The van der Waals surface area contributed by atoms with Crippen LogP contribution in [0, 0.1) is 0 Å². The summed E-state index contributed by atoms with van der Waals surface area (Å²) in [4.78, 5) is 9.86. The summed E-state index contributed by atoms with van der Waals surface area (Å²) in [6.45, 7) is 1.88. The van der Waals surface area contributed by atoms with Gasteiger partial charge in [0.15, 0.2) is 5.83 Å². The molecule has 0 fully saturated rings. The van der Waals surface area contributed by atoms with Crippen LogP contribution in [0.1, 0.15) is 0 Å². The molecule has 0 rings (SSSR count). The monoisotopic (exact) mass is 256 g/mol. The number of hydrogen-bond donors (Lipinski definition) is 1. The van der Waals surface area contributed by atoms with Crippen molar-refractivity contribution in [2.75, 3.05) is 0 Å². The largest absolute Gasteiger partial charge is 0.477 e. The fourth-order valence-corrected chi connectivity index (χ4v) is 0.455. The maximum atomic E-state index is 12.6. The van der Waals surface area contributed by atoms with Crippen LogP contribution in [0.3, 0.4) is 0 Å². The maximum Gasteiger partial charge on any atom is 0.460 e. The van der Waals surface area contributed by atoms with Crippen LogP contribution in [0.2, 0.25) is 0 Å². The van der Waals surface area contributed by atoms with Crippen molar-refractivity contribution in [3.8, 4) is 0 Å². The van der Waals surface area contributed by atoms with Gasteiger partial charge in [-0.1, -0.05) is 6.58 Å². The summed E-state index contributed by atoms with van der Waals surface area (Å²) in [6.07, 6.45) is -11.7. The minimum absolute atomic E-state index is 1.88. The van der Waals surface area contributed by atoms with E-state index in [0.717, 1.165) is 0 Å². The van der Waals surface area contributed by atoms with Gasteiger partial charge >= 0.3 is 24.1 Å². The zero-order chi connectivity index (χ0) is 13.4. The van der Waals surface area contributed by atoms with E-state index in [1.165, 1.54) is 0 Å². The Morgan fingerprint density at radius 1 is 1.12 bits per heavy atom. The van der Waals surface area contributed by atoms with Gasteiger partial charge in [0.2, 0.25) is 0 Å². The molecule has 0 aliphatic heterocycles. The first kappa shape index (κ1) is 14.7. The second-order valence-corrected chi connectivity index (χ2v) is 2.42. The summed E-state index contributed by atoms with van der Waals surface area (Å²) in [5.41, 5.74) is 0. The van der Waals surface area contributed by atoms with Gasteiger partial charge in [-0.05, 0) is 0 Å². The van der Waals surface area contributed by atoms with Crippen molar-refractivity contribution < 1.29 is 45.4 Å². The fourth-order valence-electron chi connectivity index (χ4n) is 0.455. The maximum absolute atomic E-state index is 12.6. The van der Waals surface area contributed by atoms with Crippen LogP contribution >= 0.6 is 0 Å². The second-order valence-electron chi connectivity index (χ2n) is 2.42. The number of halogens is 7. The summed E-state index contributed by atoms with van der Waals surface area (Å²) in [7, 11) is 0. The van der Waals surface area contributed by atoms with Crippen molar-refractivity contribution in [1.82, 2.24) is 0 Å². The lowest BCUT2D eigenvalue weighted by Gasteiger charge is -2.26. The van der Waals surface area contributed by atoms with E-state index in [4.69, 9.17) is 5.11 Å². The SMILES string of the molecule is C=C(F)C(F)(F)OC(F)(C(=O)O)C(F)(F)F. The molecule has 16 heavy (non-hydrogen) atoms. The molecule has 1 N–H and O–H groups in total. The molecule has 10 heteroatoms. The minimum atomic E-state index is -6.31. The number of carbonyl (C=O) groups is 1. The lowest BCUT2D eigenvalue weighted by atomic mass is 10.3. The molecule has 0 aromatic heterocycles. The molecule has 94 valence electrons. The minimum Gasteiger partial charge on any atom is -0.477 e. The highest BCUT2D eigenvalue weighted by Gasteiger charge is 2.68. The molecule has 0 amide bonds. The predicted octanol–water partition coefficient (Wildman–Crippen LogP) is 2.39. The van der Waals surface area contributed by atoms with E-state index < -0.39 is 29.9 Å². The molecule has 1 unspecified atom stereocenters. The standard InChI is InChI=1S/C6H3F7O3/c1-2(7)5(9,10)16-4(8,3(14)15)6(11,12)13/h1H2,(H,14,15). The first-order valence-electron chi connectivity index (χ1n) is 3.26. The van der Waals surface area contributed by atoms with Gasteiger partial charge in [0.1, 0.15) is 0 Å². The Kier molecular flexibility index (Phi) is 3.60. The molecule has 0 radical (unpaired) electrons. The lowest BCUT2D eigenvalue weighted by Crippen LogP contribution is -2.54. The number of carboxylic acid groups (broad SMARTS) is 1. The normalized spacial score (nSPS) is 16.7. The molecule has 0 aliphatic carbocycles. The molecule has 0 aromatic rings. The Bertz CT molecular complexity index is 310. The van der Waals surface area contributed by atoms with Crippen LogP contribution in [0.4, 0.5) is 30.7 Å². The highest BCUT2D eigenvalue weighted by Crippen LogP contribution is 2.41. The van der Waals surface area contributed by atoms with Crippen molar-refractivity contribution >= 4 is 5.97 Å². The molecule has 0 spiro atoms. The van der Waals surface area contributed by atoms with Crippen LogP contribution in [0.15, 0.2) is 12.4 Å². The Morgan fingerprint density at radius 2 is 1.50 bits per heavy atom. The summed E-state index contributed by atoms with van der Waals surface area (Å²) in [6, 6.07) is 0. The number of rotatable bonds is 4. The van der Waals surface area contributed by atoms with Crippen LogP contribution < -0.4 is 0 Å². The first-order chi connectivity index (χ1) is 6.84. The van der Waals surface area contributed by atoms with E-state index in [-0.39, 0.29) is 0 Å². The lowest BCUT2D eigenvalue weighted by molar-refractivity contribution is -0.390. The molecule has 0 aromatic carbocycles. The highest BCUT2D eigenvalue weighted by molar-refractivity contribution is 5.76. The topological polar surface area (TPSA) is 46.5 Å².